The van der Waals surface area contributed by atoms with E-state index in [0.717, 1.165) is 5.56 Å². The van der Waals surface area contributed by atoms with E-state index in [1.807, 2.05) is 32.0 Å². The molecule has 1 fully saturated rings. The molecule has 1 saturated carbocycles. The van der Waals surface area contributed by atoms with E-state index in [-0.39, 0.29) is 5.97 Å². The van der Waals surface area contributed by atoms with Crippen molar-refractivity contribution in [2.75, 3.05) is 6.61 Å². The summed E-state index contributed by atoms with van der Waals surface area (Å²) >= 11 is 5.94. The summed E-state index contributed by atoms with van der Waals surface area (Å²) in [5, 5.41) is 0.644. The number of esters is 1. The summed E-state index contributed by atoms with van der Waals surface area (Å²) in [6, 6.07) is 7.38. The Hall–Kier alpha value is -1.02. The lowest BCUT2D eigenvalue weighted by atomic mass is 9.85. The zero-order valence-corrected chi connectivity index (χ0v) is 11.0. The summed E-state index contributed by atoms with van der Waals surface area (Å²) < 4.78 is 5.34. The predicted molar refractivity (Wildman–Crippen MR) is 68.2 cm³/mol. The molecule has 1 aromatic carbocycles. The molecule has 2 nitrogen and oxygen atoms in total. The molecule has 1 aliphatic carbocycles. The number of carbonyl (C=O) groups is 1. The monoisotopic (exact) mass is 252 g/mol. The van der Waals surface area contributed by atoms with Crippen LogP contribution in [0.1, 0.15) is 32.3 Å². The molecule has 0 radical (unpaired) electrons. The van der Waals surface area contributed by atoms with Gasteiger partial charge in [-0.05, 0) is 50.3 Å². The molecular formula is C14H17ClO2. The highest BCUT2D eigenvalue weighted by Gasteiger charge is 2.33. The first kappa shape index (κ1) is 12.4. The van der Waals surface area contributed by atoms with Gasteiger partial charge in [0.2, 0.25) is 0 Å². The minimum Gasteiger partial charge on any atom is -0.465 e. The molecule has 3 heteroatoms. The molecule has 0 saturated heterocycles. The quantitative estimate of drug-likeness (QED) is 0.766. The molecule has 0 N–H and O–H groups in total. The molecule has 92 valence electrons. The summed E-state index contributed by atoms with van der Waals surface area (Å²) in [6.07, 6.45) is 2.37. The van der Waals surface area contributed by atoms with Gasteiger partial charge >= 0.3 is 5.97 Å². The van der Waals surface area contributed by atoms with Crippen LogP contribution in [0.2, 0.25) is 5.02 Å². The fourth-order valence-corrected chi connectivity index (χ4v) is 1.84. The number of hydrogen-bond acceptors (Lipinski definition) is 2. The number of rotatable bonds is 4. The SMILES string of the molecule is CC(C)(C(=O)OCC1CC1)c1cccc(Cl)c1. The molecule has 0 aliphatic heterocycles. The number of ether oxygens (including phenoxy) is 1. The van der Waals surface area contributed by atoms with Crippen LogP contribution >= 0.6 is 11.6 Å². The van der Waals surface area contributed by atoms with E-state index in [1.165, 1.54) is 12.8 Å². The molecule has 1 aliphatic rings. The van der Waals surface area contributed by atoms with Crippen LogP contribution in [0.25, 0.3) is 0 Å². The zero-order valence-electron chi connectivity index (χ0n) is 10.2. The van der Waals surface area contributed by atoms with Crippen LogP contribution in [0.15, 0.2) is 24.3 Å². The van der Waals surface area contributed by atoms with Crippen molar-refractivity contribution in [3.63, 3.8) is 0 Å². The van der Waals surface area contributed by atoms with Crippen molar-refractivity contribution in [2.24, 2.45) is 5.92 Å². The summed E-state index contributed by atoms with van der Waals surface area (Å²) in [6.45, 7) is 4.30. The Bertz CT molecular complexity index is 422. The number of benzene rings is 1. The first-order valence-electron chi connectivity index (χ1n) is 5.93. The summed E-state index contributed by atoms with van der Waals surface area (Å²) in [5.74, 6) is 0.417. The third-order valence-electron chi connectivity index (χ3n) is 3.20. The van der Waals surface area contributed by atoms with Crippen molar-refractivity contribution in [3.05, 3.63) is 34.9 Å². The van der Waals surface area contributed by atoms with Gasteiger partial charge in [-0.15, -0.1) is 0 Å². The summed E-state index contributed by atoms with van der Waals surface area (Å²) in [7, 11) is 0. The van der Waals surface area contributed by atoms with Gasteiger partial charge in [-0.2, -0.15) is 0 Å². The Kier molecular flexibility index (Phi) is 3.43. The lowest BCUT2D eigenvalue weighted by Gasteiger charge is -2.23. The van der Waals surface area contributed by atoms with Crippen LogP contribution in [-0.4, -0.2) is 12.6 Å². The molecule has 0 aromatic heterocycles. The topological polar surface area (TPSA) is 26.3 Å². The van der Waals surface area contributed by atoms with Crippen molar-refractivity contribution in [1.29, 1.82) is 0 Å². The average molecular weight is 253 g/mol. The normalized spacial score (nSPS) is 15.7. The maximum absolute atomic E-state index is 12.0. The van der Waals surface area contributed by atoms with Gasteiger partial charge in [0.1, 0.15) is 0 Å². The summed E-state index contributed by atoms with van der Waals surface area (Å²) in [4.78, 5) is 12.0. The van der Waals surface area contributed by atoms with E-state index in [9.17, 15) is 4.79 Å². The van der Waals surface area contributed by atoms with E-state index in [0.29, 0.717) is 17.5 Å². The van der Waals surface area contributed by atoms with Crippen LogP contribution in [-0.2, 0) is 14.9 Å². The minimum absolute atomic E-state index is 0.174. The van der Waals surface area contributed by atoms with Crippen molar-refractivity contribution in [3.8, 4) is 0 Å². The second kappa shape index (κ2) is 4.69. The number of carbonyl (C=O) groups excluding carboxylic acids is 1. The van der Waals surface area contributed by atoms with E-state index in [4.69, 9.17) is 16.3 Å². The third kappa shape index (κ3) is 3.01. The Morgan fingerprint density at radius 3 is 2.76 bits per heavy atom. The van der Waals surface area contributed by atoms with Gasteiger partial charge in [-0.3, -0.25) is 4.79 Å². The Morgan fingerprint density at radius 2 is 2.18 bits per heavy atom. The zero-order chi connectivity index (χ0) is 12.5. The van der Waals surface area contributed by atoms with Crippen molar-refractivity contribution >= 4 is 17.6 Å². The number of hydrogen-bond donors (Lipinski definition) is 0. The molecule has 0 spiro atoms. The molecular weight excluding hydrogens is 236 g/mol. The fraction of sp³-hybridized carbons (Fsp3) is 0.500. The summed E-state index contributed by atoms with van der Waals surface area (Å²) in [5.41, 5.74) is 0.255. The minimum atomic E-state index is -0.639. The molecule has 17 heavy (non-hydrogen) atoms. The third-order valence-corrected chi connectivity index (χ3v) is 3.44. The van der Waals surface area contributed by atoms with Gasteiger partial charge in [-0.25, -0.2) is 0 Å². The number of halogens is 1. The van der Waals surface area contributed by atoms with Crippen molar-refractivity contribution < 1.29 is 9.53 Å². The van der Waals surface area contributed by atoms with E-state index in [1.54, 1.807) is 6.07 Å². The molecule has 0 bridgehead atoms. The Morgan fingerprint density at radius 1 is 1.47 bits per heavy atom. The van der Waals surface area contributed by atoms with Gasteiger partial charge in [0.25, 0.3) is 0 Å². The highest BCUT2D eigenvalue weighted by atomic mass is 35.5. The van der Waals surface area contributed by atoms with Gasteiger partial charge in [0.15, 0.2) is 0 Å². The van der Waals surface area contributed by atoms with Crippen molar-refractivity contribution in [2.45, 2.75) is 32.1 Å². The van der Waals surface area contributed by atoms with Crippen LogP contribution in [0.3, 0.4) is 0 Å². The lowest BCUT2D eigenvalue weighted by Crippen LogP contribution is -2.31. The standard InChI is InChI=1S/C14H17ClO2/c1-14(2,11-4-3-5-12(15)8-11)13(16)17-9-10-6-7-10/h3-5,8,10H,6-7,9H2,1-2H3. The smallest absolute Gasteiger partial charge is 0.315 e. The van der Waals surface area contributed by atoms with E-state index >= 15 is 0 Å². The molecule has 1 aromatic rings. The Labute approximate surface area is 107 Å². The molecule has 0 unspecified atom stereocenters. The van der Waals surface area contributed by atoms with Gasteiger partial charge < -0.3 is 4.74 Å². The van der Waals surface area contributed by atoms with Crippen molar-refractivity contribution in [1.82, 2.24) is 0 Å². The predicted octanol–water partition coefficient (Wildman–Crippen LogP) is 3.57. The molecule has 2 rings (SSSR count). The van der Waals surface area contributed by atoms with Crippen LogP contribution in [0, 0.1) is 5.92 Å². The highest BCUT2D eigenvalue weighted by molar-refractivity contribution is 6.30. The lowest BCUT2D eigenvalue weighted by molar-refractivity contribution is -0.149. The van der Waals surface area contributed by atoms with Gasteiger partial charge in [-0.1, -0.05) is 23.7 Å². The molecule has 0 heterocycles. The van der Waals surface area contributed by atoms with Crippen LogP contribution in [0.4, 0.5) is 0 Å². The maximum Gasteiger partial charge on any atom is 0.315 e. The van der Waals surface area contributed by atoms with Crippen LogP contribution < -0.4 is 0 Å². The first-order valence-corrected chi connectivity index (χ1v) is 6.31. The van der Waals surface area contributed by atoms with E-state index < -0.39 is 5.41 Å². The van der Waals surface area contributed by atoms with Crippen LogP contribution in [0.5, 0.6) is 0 Å². The van der Waals surface area contributed by atoms with E-state index in [2.05, 4.69) is 0 Å². The van der Waals surface area contributed by atoms with Gasteiger partial charge in [0, 0.05) is 5.02 Å². The second-order valence-corrected chi connectivity index (χ2v) is 5.61. The first-order chi connectivity index (χ1) is 8.00. The Balaban J connectivity index is 2.07. The second-order valence-electron chi connectivity index (χ2n) is 5.18. The maximum atomic E-state index is 12.0. The largest absolute Gasteiger partial charge is 0.465 e. The highest BCUT2D eigenvalue weighted by Crippen LogP contribution is 2.31. The fourth-order valence-electron chi connectivity index (χ4n) is 1.65. The molecule has 0 amide bonds. The molecule has 0 atom stereocenters. The van der Waals surface area contributed by atoms with Gasteiger partial charge in [0.05, 0.1) is 12.0 Å². The average Bonchev–Trinajstić information content (AvgIpc) is 3.09.